The molecule has 0 aromatic carbocycles. The van der Waals surface area contributed by atoms with Gasteiger partial charge >= 0.3 is 0 Å². The molecular formula is C14H30Cl2Si. The normalized spacial score (nSPS) is 13.4. The molecule has 0 rings (SSSR count). The fraction of sp³-hybridized carbons (Fsp3) is 1.00. The van der Waals surface area contributed by atoms with Crippen molar-refractivity contribution >= 4 is 33.4 Å². The average molecular weight is 297 g/mol. The molecule has 3 heteroatoms. The second-order valence-electron chi connectivity index (χ2n) is 5.28. The third-order valence-corrected chi connectivity index (χ3v) is 6.39. The molecule has 0 bridgehead atoms. The summed E-state index contributed by atoms with van der Waals surface area (Å²) in [5.41, 5.74) is 0.590. The summed E-state index contributed by atoms with van der Waals surface area (Å²) in [5.74, 6) is 0. The minimum atomic E-state index is -0.125. The molecule has 1 unspecified atom stereocenters. The van der Waals surface area contributed by atoms with E-state index in [4.69, 9.17) is 23.2 Å². The standard InChI is InChI=1S/C14H30Cl2Si/c1-2-3-4-5-6-7-8-9-10-11-12-13(17)14(15)16/h13-14H,2-12H2,1,17H3. The maximum absolute atomic E-state index is 5.85. The van der Waals surface area contributed by atoms with Gasteiger partial charge < -0.3 is 0 Å². The molecule has 0 aromatic rings. The van der Waals surface area contributed by atoms with Crippen molar-refractivity contribution in [1.29, 1.82) is 0 Å². The van der Waals surface area contributed by atoms with Crippen LogP contribution in [0.4, 0.5) is 0 Å². The van der Waals surface area contributed by atoms with Gasteiger partial charge in [-0.1, -0.05) is 77.6 Å². The zero-order valence-corrected chi connectivity index (χ0v) is 15.2. The van der Waals surface area contributed by atoms with Gasteiger partial charge in [0.15, 0.2) is 0 Å². The molecule has 0 fully saturated rings. The monoisotopic (exact) mass is 296 g/mol. The summed E-state index contributed by atoms with van der Waals surface area (Å²) in [6.45, 7) is 2.27. The van der Waals surface area contributed by atoms with Gasteiger partial charge in [0.25, 0.3) is 0 Å². The second kappa shape index (κ2) is 13.2. The highest BCUT2D eigenvalue weighted by Crippen LogP contribution is 2.24. The third-order valence-electron chi connectivity index (χ3n) is 3.44. The van der Waals surface area contributed by atoms with Crippen LogP contribution in [0.15, 0.2) is 0 Å². The second-order valence-corrected chi connectivity index (χ2v) is 7.93. The predicted octanol–water partition coefficient (Wildman–Crippen LogP) is 5.26. The molecule has 0 aliphatic carbocycles. The molecular weight excluding hydrogens is 267 g/mol. The fourth-order valence-electron chi connectivity index (χ4n) is 2.08. The average Bonchev–Trinajstić information content (AvgIpc) is 2.31. The van der Waals surface area contributed by atoms with Crippen LogP contribution in [0, 0.1) is 0 Å². The Morgan fingerprint density at radius 3 is 1.59 bits per heavy atom. The Kier molecular flexibility index (Phi) is 13.9. The van der Waals surface area contributed by atoms with E-state index in [1.165, 1.54) is 70.6 Å². The lowest BCUT2D eigenvalue weighted by atomic mass is 10.1. The lowest BCUT2D eigenvalue weighted by Gasteiger charge is -2.11. The predicted molar refractivity (Wildman–Crippen MR) is 85.6 cm³/mol. The minimum Gasteiger partial charge on any atom is -0.105 e. The number of hydrogen-bond donors (Lipinski definition) is 0. The first kappa shape index (κ1) is 17.8. The molecule has 0 saturated carbocycles. The van der Waals surface area contributed by atoms with Gasteiger partial charge in [-0.2, -0.15) is 0 Å². The first-order chi connectivity index (χ1) is 8.18. The number of rotatable bonds is 12. The number of halogens is 2. The van der Waals surface area contributed by atoms with Crippen LogP contribution >= 0.6 is 23.2 Å². The largest absolute Gasteiger partial charge is 0.107 e. The maximum atomic E-state index is 5.85. The fourth-order valence-corrected chi connectivity index (χ4v) is 2.74. The van der Waals surface area contributed by atoms with Gasteiger partial charge in [-0.3, -0.25) is 0 Å². The van der Waals surface area contributed by atoms with E-state index in [0.717, 1.165) is 10.2 Å². The zero-order valence-electron chi connectivity index (χ0n) is 11.7. The summed E-state index contributed by atoms with van der Waals surface area (Å²) in [4.78, 5) is -0.125. The molecule has 0 saturated heterocycles. The number of hydrogen-bond acceptors (Lipinski definition) is 0. The van der Waals surface area contributed by atoms with E-state index in [-0.39, 0.29) is 4.84 Å². The van der Waals surface area contributed by atoms with Crippen molar-refractivity contribution in [3.63, 3.8) is 0 Å². The highest BCUT2D eigenvalue weighted by atomic mass is 35.5. The topological polar surface area (TPSA) is 0 Å². The highest BCUT2D eigenvalue weighted by Gasteiger charge is 2.09. The van der Waals surface area contributed by atoms with Crippen LogP contribution in [0.3, 0.4) is 0 Å². The Morgan fingerprint density at radius 2 is 1.18 bits per heavy atom. The van der Waals surface area contributed by atoms with Crippen LogP contribution < -0.4 is 0 Å². The Bertz CT molecular complexity index is 151. The molecule has 0 amide bonds. The van der Waals surface area contributed by atoms with Crippen LogP contribution in [-0.4, -0.2) is 15.1 Å². The molecule has 0 aliphatic rings. The van der Waals surface area contributed by atoms with E-state index < -0.39 is 0 Å². The highest BCUT2D eigenvalue weighted by molar-refractivity contribution is 6.47. The number of unbranched alkanes of at least 4 members (excludes halogenated alkanes) is 9. The smallest absolute Gasteiger partial charge is 0.105 e. The van der Waals surface area contributed by atoms with Crippen molar-refractivity contribution in [1.82, 2.24) is 0 Å². The van der Waals surface area contributed by atoms with E-state index in [1.54, 1.807) is 0 Å². The van der Waals surface area contributed by atoms with Gasteiger partial charge in [0.05, 0.1) is 0 Å². The molecule has 0 aliphatic heterocycles. The van der Waals surface area contributed by atoms with Crippen molar-refractivity contribution in [3.05, 3.63) is 0 Å². The van der Waals surface area contributed by atoms with Crippen LogP contribution in [0.5, 0.6) is 0 Å². The van der Waals surface area contributed by atoms with Gasteiger partial charge in [0.2, 0.25) is 0 Å². The first-order valence-corrected chi connectivity index (χ1v) is 9.49. The van der Waals surface area contributed by atoms with Gasteiger partial charge in [0, 0.05) is 10.2 Å². The Balaban J connectivity index is 3.03. The Hall–Kier alpha value is 0.797. The third kappa shape index (κ3) is 13.0. The molecule has 0 aromatic heterocycles. The van der Waals surface area contributed by atoms with E-state index in [1.807, 2.05) is 0 Å². The Labute approximate surface area is 121 Å². The lowest BCUT2D eigenvalue weighted by Crippen LogP contribution is -2.01. The van der Waals surface area contributed by atoms with Crippen LogP contribution in [0.2, 0.25) is 5.54 Å². The van der Waals surface area contributed by atoms with Gasteiger partial charge in [-0.15, -0.1) is 23.2 Å². The molecule has 104 valence electrons. The van der Waals surface area contributed by atoms with E-state index in [0.29, 0.717) is 5.54 Å². The van der Waals surface area contributed by atoms with Crippen molar-refractivity contribution in [3.8, 4) is 0 Å². The summed E-state index contributed by atoms with van der Waals surface area (Å²) in [6, 6.07) is 0. The van der Waals surface area contributed by atoms with Crippen molar-refractivity contribution in [2.45, 2.75) is 87.9 Å². The molecule has 1 atom stereocenters. The van der Waals surface area contributed by atoms with Gasteiger partial charge in [0.1, 0.15) is 4.84 Å². The summed E-state index contributed by atoms with van der Waals surface area (Å²) >= 11 is 11.7. The molecule has 0 radical (unpaired) electrons. The lowest BCUT2D eigenvalue weighted by molar-refractivity contribution is 0.547. The van der Waals surface area contributed by atoms with Crippen molar-refractivity contribution < 1.29 is 0 Å². The molecule has 0 heterocycles. The Morgan fingerprint density at radius 1 is 0.765 bits per heavy atom. The van der Waals surface area contributed by atoms with Crippen molar-refractivity contribution in [2.24, 2.45) is 0 Å². The SMILES string of the molecule is CCCCCCCCCCCCC([SiH3])C(Cl)Cl. The van der Waals surface area contributed by atoms with Crippen LogP contribution in [-0.2, 0) is 0 Å². The number of alkyl halides is 2. The van der Waals surface area contributed by atoms with Crippen LogP contribution in [0.25, 0.3) is 0 Å². The molecule has 0 N–H and O–H groups in total. The molecule has 0 spiro atoms. The molecule has 17 heavy (non-hydrogen) atoms. The van der Waals surface area contributed by atoms with Crippen LogP contribution in [0.1, 0.15) is 77.6 Å². The summed E-state index contributed by atoms with van der Waals surface area (Å²) in [7, 11) is 1.13. The summed E-state index contributed by atoms with van der Waals surface area (Å²) in [5, 5.41) is 0. The first-order valence-electron chi connectivity index (χ1n) is 7.46. The van der Waals surface area contributed by atoms with E-state index in [9.17, 15) is 0 Å². The maximum Gasteiger partial charge on any atom is 0.107 e. The van der Waals surface area contributed by atoms with E-state index in [2.05, 4.69) is 6.92 Å². The summed E-state index contributed by atoms with van der Waals surface area (Å²) in [6.07, 6.45) is 15.3. The quantitative estimate of drug-likeness (QED) is 0.262. The van der Waals surface area contributed by atoms with Gasteiger partial charge in [-0.05, 0) is 5.54 Å². The zero-order chi connectivity index (χ0) is 12.9. The summed E-state index contributed by atoms with van der Waals surface area (Å²) < 4.78 is 0. The minimum absolute atomic E-state index is 0.125. The van der Waals surface area contributed by atoms with Gasteiger partial charge in [-0.25, -0.2) is 0 Å². The van der Waals surface area contributed by atoms with E-state index >= 15 is 0 Å². The molecule has 0 nitrogen and oxygen atoms in total. The van der Waals surface area contributed by atoms with Crippen molar-refractivity contribution in [2.75, 3.05) is 0 Å².